The maximum Gasteiger partial charge on any atom is 0.293 e. The predicted molar refractivity (Wildman–Crippen MR) is 149 cm³/mol. The highest BCUT2D eigenvalue weighted by Crippen LogP contribution is 2.34. The van der Waals surface area contributed by atoms with Gasteiger partial charge in [-0.15, -0.1) is 0 Å². The Labute approximate surface area is 223 Å². The Morgan fingerprint density at radius 2 is 1.89 bits per heavy atom. The zero-order chi connectivity index (χ0) is 26.8. The SMILES string of the molecule is Cc1ccc2nc(-c3ccc(NC(=S)NC(=O)c4ccc(N5CCCCC5)c([N+](=O)[O-])c4)cc3O)oc2c1. The standard InChI is InChI=1S/C27H25N5O5S/c1-16-5-9-20-24(13-16)37-26(29-20)19-8-7-18(15-23(19)33)28-27(38)30-25(34)17-6-10-21(22(14-17)32(35)36)31-11-3-2-4-12-31/h5-10,13-15,33H,2-4,11-12H2,1H3,(H2,28,30,34,38). The predicted octanol–water partition coefficient (Wildman–Crippen LogP) is 5.53. The third-order valence-electron chi connectivity index (χ3n) is 6.39. The zero-order valence-electron chi connectivity index (χ0n) is 20.6. The van der Waals surface area contributed by atoms with E-state index in [9.17, 15) is 20.0 Å². The van der Waals surface area contributed by atoms with Crippen molar-refractivity contribution in [1.29, 1.82) is 0 Å². The number of aryl methyl sites for hydroxylation is 1. The number of hydrogen-bond donors (Lipinski definition) is 3. The molecule has 0 atom stereocenters. The Bertz CT molecular complexity index is 1560. The van der Waals surface area contributed by atoms with Gasteiger partial charge in [0.25, 0.3) is 11.6 Å². The molecule has 11 heteroatoms. The number of amides is 1. The van der Waals surface area contributed by atoms with Gasteiger partial charge in [-0.25, -0.2) is 4.98 Å². The fourth-order valence-electron chi connectivity index (χ4n) is 4.49. The van der Waals surface area contributed by atoms with Gasteiger partial charge in [0.1, 0.15) is 17.0 Å². The highest BCUT2D eigenvalue weighted by Gasteiger charge is 2.23. The molecule has 3 N–H and O–H groups in total. The molecule has 0 unspecified atom stereocenters. The number of aromatic nitrogens is 1. The van der Waals surface area contributed by atoms with E-state index >= 15 is 0 Å². The summed E-state index contributed by atoms with van der Waals surface area (Å²) >= 11 is 5.25. The summed E-state index contributed by atoms with van der Waals surface area (Å²) < 4.78 is 5.79. The van der Waals surface area contributed by atoms with E-state index in [1.54, 1.807) is 24.3 Å². The van der Waals surface area contributed by atoms with Crippen molar-refractivity contribution in [2.75, 3.05) is 23.3 Å². The second-order valence-electron chi connectivity index (χ2n) is 9.14. The number of benzene rings is 3. The smallest absolute Gasteiger partial charge is 0.293 e. The van der Waals surface area contributed by atoms with Gasteiger partial charge in [-0.3, -0.25) is 20.2 Å². The first-order chi connectivity index (χ1) is 18.3. The van der Waals surface area contributed by atoms with Crippen LogP contribution in [0.1, 0.15) is 35.2 Å². The number of carbonyl (C=O) groups is 1. The monoisotopic (exact) mass is 531 g/mol. The van der Waals surface area contributed by atoms with Crippen LogP contribution < -0.4 is 15.5 Å². The van der Waals surface area contributed by atoms with Crippen molar-refractivity contribution in [1.82, 2.24) is 10.3 Å². The molecule has 38 heavy (non-hydrogen) atoms. The number of hydrogen-bond acceptors (Lipinski definition) is 8. The van der Waals surface area contributed by atoms with E-state index in [4.69, 9.17) is 16.6 Å². The van der Waals surface area contributed by atoms with E-state index in [1.165, 1.54) is 12.1 Å². The number of carbonyl (C=O) groups excluding carboxylic acids is 1. The summed E-state index contributed by atoms with van der Waals surface area (Å²) in [6, 6.07) is 14.8. The Morgan fingerprint density at radius 1 is 1.11 bits per heavy atom. The second kappa shape index (κ2) is 10.5. The van der Waals surface area contributed by atoms with Gasteiger partial charge in [-0.05, 0) is 80.4 Å². The number of oxazole rings is 1. The van der Waals surface area contributed by atoms with Gasteiger partial charge >= 0.3 is 0 Å². The lowest BCUT2D eigenvalue weighted by Crippen LogP contribution is -2.34. The lowest BCUT2D eigenvalue weighted by Gasteiger charge is -2.28. The van der Waals surface area contributed by atoms with Gasteiger partial charge in [0, 0.05) is 36.5 Å². The molecule has 1 aliphatic rings. The van der Waals surface area contributed by atoms with E-state index in [2.05, 4.69) is 15.6 Å². The summed E-state index contributed by atoms with van der Waals surface area (Å²) in [5, 5.41) is 27.6. The van der Waals surface area contributed by atoms with Crippen LogP contribution in [0.5, 0.6) is 5.75 Å². The van der Waals surface area contributed by atoms with E-state index in [0.717, 1.165) is 37.9 Å². The van der Waals surface area contributed by atoms with Crippen LogP contribution in [-0.2, 0) is 0 Å². The molecule has 2 heterocycles. The molecule has 1 aromatic heterocycles. The highest BCUT2D eigenvalue weighted by atomic mass is 32.1. The molecule has 10 nitrogen and oxygen atoms in total. The van der Waals surface area contributed by atoms with Crippen molar-refractivity contribution in [3.8, 4) is 17.2 Å². The number of thiocarbonyl (C=S) groups is 1. The van der Waals surface area contributed by atoms with Crippen molar-refractivity contribution in [2.45, 2.75) is 26.2 Å². The number of fused-ring (bicyclic) bond motifs is 1. The number of anilines is 2. The number of nitrogens with zero attached hydrogens (tertiary/aromatic N) is 3. The van der Waals surface area contributed by atoms with Gasteiger partial charge in [0.15, 0.2) is 10.7 Å². The van der Waals surface area contributed by atoms with Crippen LogP contribution in [0.3, 0.4) is 0 Å². The van der Waals surface area contributed by atoms with E-state index in [-0.39, 0.29) is 28.0 Å². The van der Waals surface area contributed by atoms with Crippen LogP contribution in [0.4, 0.5) is 17.1 Å². The normalized spacial score (nSPS) is 13.3. The van der Waals surface area contributed by atoms with Crippen molar-refractivity contribution < 1.29 is 19.2 Å². The molecule has 0 saturated carbocycles. The maximum atomic E-state index is 12.8. The minimum absolute atomic E-state index is 0.0257. The third-order valence-corrected chi connectivity index (χ3v) is 6.59. The first-order valence-corrected chi connectivity index (χ1v) is 12.6. The first kappa shape index (κ1) is 25.2. The molecule has 1 saturated heterocycles. The van der Waals surface area contributed by atoms with Gasteiger partial charge < -0.3 is 19.7 Å². The molecule has 1 amide bonds. The largest absolute Gasteiger partial charge is 0.507 e. The quantitative estimate of drug-likeness (QED) is 0.172. The number of phenols is 1. The second-order valence-corrected chi connectivity index (χ2v) is 9.55. The topological polar surface area (TPSA) is 134 Å². The molecule has 4 aromatic rings. The summed E-state index contributed by atoms with van der Waals surface area (Å²) in [4.78, 5) is 30.4. The van der Waals surface area contributed by atoms with Crippen molar-refractivity contribution >= 4 is 51.4 Å². The lowest BCUT2D eigenvalue weighted by molar-refractivity contribution is -0.384. The Morgan fingerprint density at radius 3 is 2.63 bits per heavy atom. The number of nitro benzene ring substituents is 1. The van der Waals surface area contributed by atoms with Gasteiger partial charge in [-0.1, -0.05) is 6.07 Å². The molecule has 1 fully saturated rings. The number of rotatable bonds is 5. The van der Waals surface area contributed by atoms with Crippen LogP contribution in [0.25, 0.3) is 22.6 Å². The molecule has 3 aromatic carbocycles. The summed E-state index contributed by atoms with van der Waals surface area (Å²) in [6.45, 7) is 3.45. The summed E-state index contributed by atoms with van der Waals surface area (Å²) in [5.41, 5.74) is 3.67. The van der Waals surface area contributed by atoms with E-state index in [0.29, 0.717) is 28.0 Å². The van der Waals surface area contributed by atoms with Gasteiger partial charge in [-0.2, -0.15) is 0 Å². The molecular formula is C27H25N5O5S. The van der Waals surface area contributed by atoms with Crippen LogP contribution in [0.2, 0.25) is 0 Å². The fraction of sp³-hybridized carbons (Fsp3) is 0.222. The number of aromatic hydroxyl groups is 1. The average Bonchev–Trinajstić information content (AvgIpc) is 3.31. The minimum atomic E-state index is -0.585. The van der Waals surface area contributed by atoms with Gasteiger partial charge in [0.2, 0.25) is 5.89 Å². The molecule has 194 valence electrons. The molecular weight excluding hydrogens is 506 g/mol. The van der Waals surface area contributed by atoms with Gasteiger partial charge in [0.05, 0.1) is 10.5 Å². The Hall–Kier alpha value is -4.51. The molecule has 0 spiro atoms. The van der Waals surface area contributed by atoms with Crippen LogP contribution in [0, 0.1) is 17.0 Å². The minimum Gasteiger partial charge on any atom is -0.507 e. The number of phenolic OH excluding ortho intramolecular Hbond substituents is 1. The molecule has 5 rings (SSSR count). The molecule has 0 aliphatic carbocycles. The van der Waals surface area contributed by atoms with Crippen LogP contribution in [0.15, 0.2) is 59.0 Å². The highest BCUT2D eigenvalue weighted by molar-refractivity contribution is 7.80. The summed E-state index contributed by atoms with van der Waals surface area (Å²) in [5.74, 6) is -0.394. The van der Waals surface area contributed by atoms with E-state index < -0.39 is 10.8 Å². The third kappa shape index (κ3) is 5.28. The average molecular weight is 532 g/mol. The van der Waals surface area contributed by atoms with Crippen molar-refractivity contribution in [3.63, 3.8) is 0 Å². The van der Waals surface area contributed by atoms with Crippen LogP contribution >= 0.6 is 12.2 Å². The molecule has 1 aliphatic heterocycles. The summed E-state index contributed by atoms with van der Waals surface area (Å²) in [6.07, 6.45) is 3.06. The lowest BCUT2D eigenvalue weighted by atomic mass is 10.1. The Kier molecular flexibility index (Phi) is 6.93. The Balaban J connectivity index is 1.27. The number of nitrogens with one attached hydrogen (secondary N) is 2. The maximum absolute atomic E-state index is 12.8. The fourth-order valence-corrected chi connectivity index (χ4v) is 4.70. The van der Waals surface area contributed by atoms with Crippen molar-refractivity contribution in [2.24, 2.45) is 0 Å². The zero-order valence-corrected chi connectivity index (χ0v) is 21.4. The summed E-state index contributed by atoms with van der Waals surface area (Å²) in [7, 11) is 0. The first-order valence-electron chi connectivity index (χ1n) is 12.1. The molecule has 0 bridgehead atoms. The number of nitro groups is 1. The van der Waals surface area contributed by atoms with E-state index in [1.807, 2.05) is 30.0 Å². The van der Waals surface area contributed by atoms with Crippen molar-refractivity contribution in [3.05, 3.63) is 75.8 Å². The van der Waals surface area contributed by atoms with Crippen LogP contribution in [-0.4, -0.2) is 39.1 Å². The number of piperidine rings is 1. The molecule has 0 radical (unpaired) electrons.